The fourth-order valence-electron chi connectivity index (χ4n) is 2.36. The van der Waals surface area contributed by atoms with Crippen LogP contribution in [0.1, 0.15) is 48.5 Å². The second-order valence-electron chi connectivity index (χ2n) is 5.38. The Morgan fingerprint density at radius 2 is 1.71 bits per heavy atom. The fourth-order valence-corrected chi connectivity index (χ4v) is 2.36. The first-order valence-corrected chi connectivity index (χ1v) is 7.62. The molecule has 0 heterocycles. The molecular formula is C19H23NO. The quantitative estimate of drug-likeness (QED) is 0.732. The van der Waals surface area contributed by atoms with Crippen LogP contribution in [0.15, 0.2) is 54.6 Å². The summed E-state index contributed by atoms with van der Waals surface area (Å²) in [4.78, 5) is 11.6. The van der Waals surface area contributed by atoms with Crippen molar-refractivity contribution in [2.75, 3.05) is 11.9 Å². The number of anilines is 1. The van der Waals surface area contributed by atoms with Crippen molar-refractivity contribution in [3.05, 3.63) is 65.7 Å². The van der Waals surface area contributed by atoms with Gasteiger partial charge in [0, 0.05) is 24.2 Å². The van der Waals surface area contributed by atoms with Crippen LogP contribution in [-0.4, -0.2) is 12.3 Å². The number of benzene rings is 2. The number of nitrogens with one attached hydrogen (secondary N) is 1. The van der Waals surface area contributed by atoms with Gasteiger partial charge in [0.05, 0.1) is 0 Å². The maximum absolute atomic E-state index is 11.6. The molecule has 2 aromatic carbocycles. The number of ketones is 1. The van der Waals surface area contributed by atoms with E-state index in [1.54, 1.807) is 0 Å². The molecular weight excluding hydrogens is 258 g/mol. The van der Waals surface area contributed by atoms with Gasteiger partial charge in [0.15, 0.2) is 5.78 Å². The Bertz CT molecular complexity index is 560. The standard InChI is InChI=1S/C19H23NO/c1-3-19(21)17-9-11-18(12-10-17)20-14-13-15(2)16-7-5-4-6-8-16/h4-12,15,20H,3,13-14H2,1-2H3. The average molecular weight is 281 g/mol. The molecule has 0 saturated carbocycles. The Hall–Kier alpha value is -2.09. The zero-order valence-corrected chi connectivity index (χ0v) is 12.8. The highest BCUT2D eigenvalue weighted by atomic mass is 16.1. The summed E-state index contributed by atoms with van der Waals surface area (Å²) < 4.78 is 0. The van der Waals surface area contributed by atoms with Gasteiger partial charge in [0.2, 0.25) is 0 Å². The minimum Gasteiger partial charge on any atom is -0.385 e. The molecule has 0 aromatic heterocycles. The number of rotatable bonds is 7. The van der Waals surface area contributed by atoms with Crippen molar-refractivity contribution in [3.8, 4) is 0 Å². The second-order valence-corrected chi connectivity index (χ2v) is 5.38. The Morgan fingerprint density at radius 3 is 2.33 bits per heavy atom. The third-order valence-electron chi connectivity index (χ3n) is 3.80. The van der Waals surface area contributed by atoms with E-state index in [9.17, 15) is 4.79 Å². The van der Waals surface area contributed by atoms with Crippen LogP contribution in [0.5, 0.6) is 0 Å². The number of carbonyl (C=O) groups excluding carboxylic acids is 1. The van der Waals surface area contributed by atoms with Crippen molar-refractivity contribution in [2.24, 2.45) is 0 Å². The zero-order chi connectivity index (χ0) is 15.1. The molecule has 1 N–H and O–H groups in total. The Labute approximate surface area is 127 Å². The van der Waals surface area contributed by atoms with Gasteiger partial charge >= 0.3 is 0 Å². The lowest BCUT2D eigenvalue weighted by Crippen LogP contribution is -2.06. The average Bonchev–Trinajstić information content (AvgIpc) is 2.55. The smallest absolute Gasteiger partial charge is 0.162 e. The van der Waals surface area contributed by atoms with Crippen molar-refractivity contribution in [1.82, 2.24) is 0 Å². The van der Waals surface area contributed by atoms with Crippen LogP contribution < -0.4 is 5.32 Å². The highest BCUT2D eigenvalue weighted by molar-refractivity contribution is 5.96. The first-order chi connectivity index (χ1) is 10.2. The summed E-state index contributed by atoms with van der Waals surface area (Å²) in [5, 5.41) is 3.42. The summed E-state index contributed by atoms with van der Waals surface area (Å²) in [6.45, 7) is 5.07. The van der Waals surface area contributed by atoms with E-state index in [-0.39, 0.29) is 5.78 Å². The monoisotopic (exact) mass is 281 g/mol. The molecule has 2 aromatic rings. The van der Waals surface area contributed by atoms with E-state index in [0.29, 0.717) is 12.3 Å². The van der Waals surface area contributed by atoms with E-state index in [2.05, 4.69) is 36.5 Å². The van der Waals surface area contributed by atoms with E-state index in [4.69, 9.17) is 0 Å². The first-order valence-electron chi connectivity index (χ1n) is 7.62. The van der Waals surface area contributed by atoms with Gasteiger partial charge in [-0.2, -0.15) is 0 Å². The normalized spacial score (nSPS) is 11.9. The molecule has 110 valence electrons. The van der Waals surface area contributed by atoms with Gasteiger partial charge in [0.1, 0.15) is 0 Å². The molecule has 0 amide bonds. The minimum absolute atomic E-state index is 0.194. The lowest BCUT2D eigenvalue weighted by molar-refractivity contribution is 0.0988. The number of Topliss-reactive ketones (excluding diaryl/α,β-unsaturated/α-hetero) is 1. The van der Waals surface area contributed by atoms with Gasteiger partial charge in [0.25, 0.3) is 0 Å². The van der Waals surface area contributed by atoms with Crippen molar-refractivity contribution in [3.63, 3.8) is 0 Å². The molecule has 0 aliphatic rings. The molecule has 21 heavy (non-hydrogen) atoms. The number of hydrogen-bond donors (Lipinski definition) is 1. The van der Waals surface area contributed by atoms with Crippen molar-refractivity contribution < 1.29 is 4.79 Å². The highest BCUT2D eigenvalue weighted by Gasteiger charge is 2.05. The predicted molar refractivity (Wildman–Crippen MR) is 89.0 cm³/mol. The predicted octanol–water partition coefficient (Wildman–Crippen LogP) is 4.89. The van der Waals surface area contributed by atoms with Gasteiger partial charge < -0.3 is 5.32 Å². The van der Waals surface area contributed by atoms with E-state index in [0.717, 1.165) is 24.2 Å². The summed E-state index contributed by atoms with van der Waals surface area (Å²) in [5.74, 6) is 0.735. The molecule has 0 radical (unpaired) electrons. The second kappa shape index (κ2) is 7.63. The molecule has 2 nitrogen and oxygen atoms in total. The van der Waals surface area contributed by atoms with Crippen LogP contribution in [0.2, 0.25) is 0 Å². The largest absolute Gasteiger partial charge is 0.385 e. The lowest BCUT2D eigenvalue weighted by atomic mass is 9.98. The lowest BCUT2D eigenvalue weighted by Gasteiger charge is -2.13. The van der Waals surface area contributed by atoms with Crippen LogP contribution >= 0.6 is 0 Å². The Morgan fingerprint density at radius 1 is 1.05 bits per heavy atom. The molecule has 0 spiro atoms. The molecule has 0 bridgehead atoms. The van der Waals surface area contributed by atoms with E-state index in [1.165, 1.54) is 5.56 Å². The summed E-state index contributed by atoms with van der Waals surface area (Å²) in [5.41, 5.74) is 3.24. The minimum atomic E-state index is 0.194. The zero-order valence-electron chi connectivity index (χ0n) is 12.8. The van der Waals surface area contributed by atoms with Crippen LogP contribution in [0.4, 0.5) is 5.69 Å². The maximum Gasteiger partial charge on any atom is 0.162 e. The molecule has 0 fully saturated rings. The molecule has 0 aliphatic carbocycles. The fraction of sp³-hybridized carbons (Fsp3) is 0.316. The van der Waals surface area contributed by atoms with Crippen molar-refractivity contribution in [1.29, 1.82) is 0 Å². The van der Waals surface area contributed by atoms with Gasteiger partial charge in [-0.3, -0.25) is 4.79 Å². The van der Waals surface area contributed by atoms with E-state index in [1.807, 2.05) is 37.3 Å². The van der Waals surface area contributed by atoms with Crippen molar-refractivity contribution in [2.45, 2.75) is 32.6 Å². The third kappa shape index (κ3) is 4.45. The Kier molecular flexibility index (Phi) is 5.56. The summed E-state index contributed by atoms with van der Waals surface area (Å²) in [7, 11) is 0. The molecule has 2 rings (SSSR count). The maximum atomic E-state index is 11.6. The van der Waals surface area contributed by atoms with Gasteiger partial charge in [-0.05, 0) is 42.2 Å². The van der Waals surface area contributed by atoms with Crippen molar-refractivity contribution >= 4 is 11.5 Å². The van der Waals surface area contributed by atoms with Gasteiger partial charge in [-0.1, -0.05) is 44.2 Å². The SMILES string of the molecule is CCC(=O)c1ccc(NCCC(C)c2ccccc2)cc1. The summed E-state index contributed by atoms with van der Waals surface area (Å²) in [6, 6.07) is 18.3. The molecule has 1 unspecified atom stereocenters. The van der Waals surface area contributed by atoms with Crippen LogP contribution in [0.25, 0.3) is 0 Å². The molecule has 0 saturated heterocycles. The van der Waals surface area contributed by atoms with E-state index < -0.39 is 0 Å². The first kappa shape index (κ1) is 15.3. The molecule has 0 aliphatic heterocycles. The van der Waals surface area contributed by atoms with Gasteiger partial charge in [-0.15, -0.1) is 0 Å². The van der Waals surface area contributed by atoms with Crippen LogP contribution in [0.3, 0.4) is 0 Å². The van der Waals surface area contributed by atoms with Crippen LogP contribution in [0, 0.1) is 0 Å². The molecule has 2 heteroatoms. The van der Waals surface area contributed by atoms with E-state index >= 15 is 0 Å². The van der Waals surface area contributed by atoms with Gasteiger partial charge in [-0.25, -0.2) is 0 Å². The summed E-state index contributed by atoms with van der Waals surface area (Å²) >= 11 is 0. The summed E-state index contributed by atoms with van der Waals surface area (Å²) in [6.07, 6.45) is 1.64. The highest BCUT2D eigenvalue weighted by Crippen LogP contribution is 2.19. The number of hydrogen-bond acceptors (Lipinski definition) is 2. The number of carbonyl (C=O) groups is 1. The topological polar surface area (TPSA) is 29.1 Å². The third-order valence-corrected chi connectivity index (χ3v) is 3.80. The molecule has 1 atom stereocenters. The Balaban J connectivity index is 1.82. The van der Waals surface area contributed by atoms with Crippen LogP contribution in [-0.2, 0) is 0 Å².